The number of nitrogens with one attached hydrogen (secondary N) is 1. The van der Waals surface area contributed by atoms with Gasteiger partial charge in [0.1, 0.15) is 5.75 Å². The minimum Gasteiger partial charge on any atom is -0.497 e. The lowest BCUT2D eigenvalue weighted by molar-refractivity contribution is -0.145. The summed E-state index contributed by atoms with van der Waals surface area (Å²) in [6.07, 6.45) is 1.63. The standard InChI is InChI=1S/C25H28N2O6/c1-3-10-26-23(28)14-27-12-19(16-4-7-18(31-2)8-5-16)24(25(29)30)20(13-27)17-6-9-21-22(11-17)33-15-32-21/h3-9,11,19-20,24H,1,10,12-15H2,2H3,(H,26,28)(H,29,30). The van der Waals surface area contributed by atoms with Crippen LogP contribution in [0, 0.1) is 5.92 Å². The Balaban J connectivity index is 1.69. The van der Waals surface area contributed by atoms with Crippen molar-refractivity contribution in [3.8, 4) is 17.2 Å². The van der Waals surface area contributed by atoms with Crippen LogP contribution in [-0.4, -0.2) is 62.0 Å². The van der Waals surface area contributed by atoms with Crippen molar-refractivity contribution in [2.45, 2.75) is 11.8 Å². The Bertz CT molecular complexity index is 1020. The molecular formula is C25H28N2O6. The summed E-state index contributed by atoms with van der Waals surface area (Å²) in [5.74, 6) is -0.362. The molecule has 1 saturated heterocycles. The number of amides is 1. The van der Waals surface area contributed by atoms with Crippen molar-refractivity contribution in [1.82, 2.24) is 10.2 Å². The van der Waals surface area contributed by atoms with Gasteiger partial charge in [0, 0.05) is 31.5 Å². The highest BCUT2D eigenvalue weighted by molar-refractivity contribution is 5.78. The number of aliphatic carboxylic acids is 1. The molecule has 2 heterocycles. The van der Waals surface area contributed by atoms with Gasteiger partial charge in [-0.3, -0.25) is 14.5 Å². The van der Waals surface area contributed by atoms with Gasteiger partial charge in [0.05, 0.1) is 19.6 Å². The number of hydrogen-bond donors (Lipinski definition) is 2. The largest absolute Gasteiger partial charge is 0.497 e. The van der Waals surface area contributed by atoms with Crippen molar-refractivity contribution in [2.24, 2.45) is 5.92 Å². The van der Waals surface area contributed by atoms with Crippen LogP contribution >= 0.6 is 0 Å². The molecule has 4 rings (SSSR count). The fraction of sp³-hybridized carbons (Fsp3) is 0.360. The Morgan fingerprint density at radius 3 is 2.45 bits per heavy atom. The highest BCUT2D eigenvalue weighted by atomic mass is 16.7. The van der Waals surface area contributed by atoms with E-state index in [1.54, 1.807) is 13.2 Å². The Hall–Kier alpha value is -3.52. The van der Waals surface area contributed by atoms with Gasteiger partial charge < -0.3 is 24.6 Å². The molecule has 33 heavy (non-hydrogen) atoms. The molecule has 2 aliphatic heterocycles. The van der Waals surface area contributed by atoms with E-state index in [-0.39, 0.29) is 31.1 Å². The first-order valence-corrected chi connectivity index (χ1v) is 10.9. The Morgan fingerprint density at radius 2 is 1.79 bits per heavy atom. The minimum atomic E-state index is -0.866. The smallest absolute Gasteiger partial charge is 0.307 e. The summed E-state index contributed by atoms with van der Waals surface area (Å²) < 4.78 is 16.2. The number of rotatable bonds is 8. The highest BCUT2D eigenvalue weighted by Gasteiger charge is 2.43. The van der Waals surface area contributed by atoms with Crippen LogP contribution in [0.5, 0.6) is 17.2 Å². The zero-order chi connectivity index (χ0) is 23.4. The van der Waals surface area contributed by atoms with Crippen LogP contribution in [-0.2, 0) is 9.59 Å². The molecule has 3 unspecified atom stereocenters. The van der Waals surface area contributed by atoms with E-state index in [0.29, 0.717) is 36.9 Å². The number of carbonyl (C=O) groups is 2. The maximum atomic E-state index is 12.6. The van der Waals surface area contributed by atoms with Gasteiger partial charge in [-0.05, 0) is 35.4 Å². The van der Waals surface area contributed by atoms with Gasteiger partial charge in [-0.1, -0.05) is 24.3 Å². The average Bonchev–Trinajstić information content (AvgIpc) is 3.30. The van der Waals surface area contributed by atoms with Crippen molar-refractivity contribution in [1.29, 1.82) is 0 Å². The van der Waals surface area contributed by atoms with E-state index in [9.17, 15) is 14.7 Å². The van der Waals surface area contributed by atoms with Gasteiger partial charge >= 0.3 is 5.97 Å². The second kappa shape index (κ2) is 9.95. The minimum absolute atomic E-state index is 0.124. The molecule has 1 amide bonds. The quantitative estimate of drug-likeness (QED) is 0.594. The van der Waals surface area contributed by atoms with Gasteiger partial charge in [-0.2, -0.15) is 0 Å². The van der Waals surface area contributed by atoms with Crippen molar-refractivity contribution in [2.75, 3.05) is 40.1 Å². The molecule has 8 nitrogen and oxygen atoms in total. The summed E-state index contributed by atoms with van der Waals surface area (Å²) in [5.41, 5.74) is 1.74. The average molecular weight is 453 g/mol. The second-order valence-electron chi connectivity index (χ2n) is 8.25. The zero-order valence-electron chi connectivity index (χ0n) is 18.5. The lowest BCUT2D eigenvalue weighted by atomic mass is 9.71. The van der Waals surface area contributed by atoms with Gasteiger partial charge in [-0.15, -0.1) is 6.58 Å². The van der Waals surface area contributed by atoms with Crippen LogP contribution in [0.3, 0.4) is 0 Å². The third-order valence-corrected chi connectivity index (χ3v) is 6.24. The van der Waals surface area contributed by atoms with Gasteiger partial charge in [0.25, 0.3) is 0 Å². The first kappa shape index (κ1) is 22.7. The Labute approximate surface area is 192 Å². The van der Waals surface area contributed by atoms with E-state index in [4.69, 9.17) is 14.2 Å². The molecule has 2 aliphatic rings. The number of nitrogens with zero attached hydrogens (tertiary/aromatic N) is 1. The molecule has 174 valence electrons. The number of likely N-dealkylation sites (tertiary alicyclic amines) is 1. The lowest BCUT2D eigenvalue weighted by Gasteiger charge is -2.42. The van der Waals surface area contributed by atoms with Gasteiger partial charge in [0.15, 0.2) is 11.5 Å². The van der Waals surface area contributed by atoms with E-state index in [2.05, 4.69) is 11.9 Å². The molecule has 2 N–H and O–H groups in total. The molecule has 2 aromatic carbocycles. The van der Waals surface area contributed by atoms with Crippen molar-refractivity contribution >= 4 is 11.9 Å². The number of fused-ring (bicyclic) bond motifs is 1. The highest BCUT2D eigenvalue weighted by Crippen LogP contribution is 2.44. The number of carbonyl (C=O) groups excluding carboxylic acids is 1. The number of methoxy groups -OCH3 is 1. The van der Waals surface area contributed by atoms with Crippen molar-refractivity contribution in [3.05, 3.63) is 66.2 Å². The molecule has 0 aromatic heterocycles. The zero-order valence-corrected chi connectivity index (χ0v) is 18.5. The number of ether oxygens (including phenoxy) is 3. The molecule has 2 aromatic rings. The third-order valence-electron chi connectivity index (χ3n) is 6.24. The maximum absolute atomic E-state index is 12.6. The Morgan fingerprint density at radius 1 is 1.12 bits per heavy atom. The summed E-state index contributed by atoms with van der Waals surface area (Å²) in [4.78, 5) is 27.0. The fourth-order valence-corrected chi connectivity index (χ4v) is 4.68. The van der Waals surface area contributed by atoms with Crippen LogP contribution in [0.25, 0.3) is 0 Å². The van der Waals surface area contributed by atoms with E-state index >= 15 is 0 Å². The summed E-state index contributed by atoms with van der Waals surface area (Å²) in [5, 5.41) is 13.1. The summed E-state index contributed by atoms with van der Waals surface area (Å²) >= 11 is 0. The van der Waals surface area contributed by atoms with Gasteiger partial charge in [-0.25, -0.2) is 0 Å². The molecule has 0 spiro atoms. The van der Waals surface area contributed by atoms with Crippen LogP contribution in [0.1, 0.15) is 23.0 Å². The fourth-order valence-electron chi connectivity index (χ4n) is 4.68. The predicted molar refractivity (Wildman–Crippen MR) is 122 cm³/mol. The summed E-state index contributed by atoms with van der Waals surface area (Å²) in [6.45, 7) is 5.22. The molecular weight excluding hydrogens is 424 g/mol. The number of hydrogen-bond acceptors (Lipinski definition) is 6. The van der Waals surface area contributed by atoms with Crippen LogP contribution < -0.4 is 19.5 Å². The molecule has 0 aliphatic carbocycles. The molecule has 0 bridgehead atoms. The molecule has 0 radical (unpaired) electrons. The maximum Gasteiger partial charge on any atom is 0.307 e. The predicted octanol–water partition coefficient (Wildman–Crippen LogP) is 2.61. The van der Waals surface area contributed by atoms with E-state index < -0.39 is 11.9 Å². The second-order valence-corrected chi connectivity index (χ2v) is 8.25. The number of benzene rings is 2. The first-order valence-electron chi connectivity index (χ1n) is 10.9. The molecule has 8 heteroatoms. The van der Waals surface area contributed by atoms with Crippen molar-refractivity contribution < 1.29 is 28.9 Å². The van der Waals surface area contributed by atoms with E-state index in [1.165, 1.54) is 0 Å². The van der Waals surface area contributed by atoms with Gasteiger partial charge in [0.2, 0.25) is 12.7 Å². The third kappa shape index (κ3) is 4.96. The lowest BCUT2D eigenvalue weighted by Crippen LogP contribution is -2.49. The van der Waals surface area contributed by atoms with E-state index in [1.807, 2.05) is 47.4 Å². The molecule has 3 atom stereocenters. The SMILES string of the molecule is C=CCNC(=O)CN1CC(c2ccc(OC)cc2)C(C(=O)O)C(c2ccc3c(c2)OCO3)C1. The molecule has 1 fully saturated rings. The number of carboxylic acids is 1. The van der Waals surface area contributed by atoms with E-state index in [0.717, 1.165) is 11.1 Å². The van der Waals surface area contributed by atoms with Crippen LogP contribution in [0.2, 0.25) is 0 Å². The Kier molecular flexibility index (Phi) is 6.84. The monoisotopic (exact) mass is 452 g/mol. The van der Waals surface area contributed by atoms with Crippen molar-refractivity contribution in [3.63, 3.8) is 0 Å². The normalized spacial score (nSPS) is 21.9. The van der Waals surface area contributed by atoms with Crippen LogP contribution in [0.4, 0.5) is 0 Å². The summed E-state index contributed by atoms with van der Waals surface area (Å²) in [7, 11) is 1.59. The topological polar surface area (TPSA) is 97.3 Å². The van der Waals surface area contributed by atoms with Crippen LogP contribution in [0.15, 0.2) is 55.1 Å². The summed E-state index contributed by atoms with van der Waals surface area (Å²) in [6, 6.07) is 13.0. The number of piperidine rings is 1. The first-order chi connectivity index (χ1) is 16.0. The number of carboxylic acid groups (broad SMARTS) is 1. The molecule has 0 saturated carbocycles.